The molecular formula is C18H15F3N2O2S. The molecule has 2 aromatic carbocycles. The summed E-state index contributed by atoms with van der Waals surface area (Å²) in [5.41, 5.74) is 0.307. The molecule has 0 saturated carbocycles. The lowest BCUT2D eigenvalue weighted by Crippen LogP contribution is -2.37. The van der Waals surface area contributed by atoms with Crippen LogP contribution in [0.1, 0.15) is 29.8 Å². The molecule has 136 valence electrons. The van der Waals surface area contributed by atoms with Gasteiger partial charge in [-0.1, -0.05) is 0 Å². The smallest absolute Gasteiger partial charge is 0.251 e. The Hall–Kier alpha value is -2.48. The molecule has 0 unspecified atom stereocenters. The van der Waals surface area contributed by atoms with Crippen LogP contribution in [0.3, 0.4) is 0 Å². The van der Waals surface area contributed by atoms with Crippen LogP contribution in [0.5, 0.6) is 0 Å². The highest BCUT2D eigenvalue weighted by molar-refractivity contribution is 8.01. The van der Waals surface area contributed by atoms with Gasteiger partial charge in [0.2, 0.25) is 5.91 Å². The Morgan fingerprint density at radius 3 is 2.46 bits per heavy atom. The number of hydrogen-bond acceptors (Lipinski definition) is 3. The van der Waals surface area contributed by atoms with Crippen molar-refractivity contribution in [1.29, 1.82) is 0 Å². The quantitative estimate of drug-likeness (QED) is 0.850. The number of carbonyl (C=O) groups excluding carboxylic acids is 2. The van der Waals surface area contributed by atoms with Crippen LogP contribution in [0.25, 0.3) is 0 Å². The molecule has 1 aliphatic rings. The van der Waals surface area contributed by atoms with E-state index in [1.165, 1.54) is 17.8 Å². The van der Waals surface area contributed by atoms with E-state index in [2.05, 4.69) is 10.6 Å². The number of fused-ring (bicyclic) bond motifs is 1. The second-order valence-corrected chi connectivity index (χ2v) is 7.97. The molecule has 2 amide bonds. The average molecular weight is 380 g/mol. The zero-order chi connectivity index (χ0) is 19.1. The molecule has 26 heavy (non-hydrogen) atoms. The van der Waals surface area contributed by atoms with Crippen molar-refractivity contribution in [3.05, 3.63) is 58.9 Å². The van der Waals surface area contributed by atoms with Crippen LogP contribution >= 0.6 is 11.8 Å². The fraction of sp³-hybridized carbons (Fsp3) is 0.222. The molecule has 3 rings (SSSR count). The lowest BCUT2D eigenvalue weighted by molar-refractivity contribution is -0.117. The molecule has 8 heteroatoms. The van der Waals surface area contributed by atoms with Gasteiger partial charge in [-0.15, -0.1) is 11.8 Å². The number of thioether (sulfide) groups is 1. The molecule has 4 nitrogen and oxygen atoms in total. The number of rotatable bonds is 3. The number of carbonyl (C=O) groups is 2. The molecule has 0 spiro atoms. The first-order valence-corrected chi connectivity index (χ1v) is 8.55. The van der Waals surface area contributed by atoms with Crippen LogP contribution in [0.2, 0.25) is 0 Å². The maximum atomic E-state index is 13.6. The fourth-order valence-electron chi connectivity index (χ4n) is 2.46. The van der Waals surface area contributed by atoms with E-state index in [-0.39, 0.29) is 11.5 Å². The number of amides is 2. The largest absolute Gasteiger partial charge is 0.348 e. The molecular weight excluding hydrogens is 365 g/mol. The Bertz CT molecular complexity index is 892. The first-order valence-electron chi connectivity index (χ1n) is 7.73. The lowest BCUT2D eigenvalue weighted by atomic mass is 10.1. The van der Waals surface area contributed by atoms with Gasteiger partial charge in [0.1, 0.15) is 17.5 Å². The minimum atomic E-state index is -1.07. The van der Waals surface area contributed by atoms with Crippen molar-refractivity contribution in [1.82, 2.24) is 5.32 Å². The number of hydrogen-bond donors (Lipinski definition) is 2. The average Bonchev–Trinajstić information content (AvgIpc) is 2.54. The number of anilines is 1. The van der Waals surface area contributed by atoms with E-state index >= 15 is 0 Å². The van der Waals surface area contributed by atoms with Crippen molar-refractivity contribution in [2.24, 2.45) is 0 Å². The molecule has 2 aromatic rings. The number of benzene rings is 2. The van der Waals surface area contributed by atoms with Crippen molar-refractivity contribution >= 4 is 29.3 Å². The zero-order valence-electron chi connectivity index (χ0n) is 14.0. The standard InChI is InChI=1S/C18H15F3N2O2S/c1-18(2)17(25)23-14-5-9(3-4-15(14)26-18)16(24)22-8-11-12(20)6-10(19)7-13(11)21/h3-7H,8H2,1-2H3,(H,22,24)(H,23,25). The van der Waals surface area contributed by atoms with Crippen molar-refractivity contribution < 1.29 is 22.8 Å². The van der Waals surface area contributed by atoms with E-state index in [0.717, 1.165) is 4.90 Å². The van der Waals surface area contributed by atoms with Gasteiger partial charge in [0.05, 0.1) is 10.4 Å². The highest BCUT2D eigenvalue weighted by Gasteiger charge is 2.34. The molecule has 1 heterocycles. The molecule has 0 radical (unpaired) electrons. The third-order valence-corrected chi connectivity index (χ3v) is 5.21. The van der Waals surface area contributed by atoms with Crippen LogP contribution in [-0.4, -0.2) is 16.6 Å². The maximum absolute atomic E-state index is 13.6. The summed E-state index contributed by atoms with van der Waals surface area (Å²) in [5.74, 6) is -3.91. The molecule has 0 aromatic heterocycles. The van der Waals surface area contributed by atoms with Gasteiger partial charge in [-0.3, -0.25) is 9.59 Å². The van der Waals surface area contributed by atoms with E-state index in [9.17, 15) is 22.8 Å². The summed E-state index contributed by atoms with van der Waals surface area (Å²) in [6, 6.07) is 5.87. The van der Waals surface area contributed by atoms with E-state index in [1.807, 2.05) is 0 Å². The van der Waals surface area contributed by atoms with E-state index < -0.39 is 40.2 Å². The summed E-state index contributed by atoms with van der Waals surface area (Å²) in [5, 5.41) is 5.13. The fourth-order valence-corrected chi connectivity index (χ4v) is 3.51. The SMILES string of the molecule is CC1(C)Sc2ccc(C(=O)NCc3c(F)cc(F)cc3F)cc2NC1=O. The Balaban J connectivity index is 1.76. The third-order valence-electron chi connectivity index (χ3n) is 3.93. The Morgan fingerprint density at radius 2 is 1.81 bits per heavy atom. The Morgan fingerprint density at radius 1 is 1.15 bits per heavy atom. The monoisotopic (exact) mass is 380 g/mol. The van der Waals surface area contributed by atoms with Gasteiger partial charge in [-0.2, -0.15) is 0 Å². The molecule has 0 saturated heterocycles. The van der Waals surface area contributed by atoms with Crippen LogP contribution in [0, 0.1) is 17.5 Å². The lowest BCUT2D eigenvalue weighted by Gasteiger charge is -2.29. The molecule has 0 atom stereocenters. The summed E-state index contributed by atoms with van der Waals surface area (Å²) >= 11 is 1.38. The predicted molar refractivity (Wildman–Crippen MR) is 92.5 cm³/mol. The van der Waals surface area contributed by atoms with Gasteiger partial charge in [0.25, 0.3) is 5.91 Å². The van der Waals surface area contributed by atoms with Gasteiger partial charge in [0.15, 0.2) is 0 Å². The number of halogens is 3. The van der Waals surface area contributed by atoms with Crippen LogP contribution in [0.15, 0.2) is 35.2 Å². The highest BCUT2D eigenvalue weighted by Crippen LogP contribution is 2.42. The first-order chi connectivity index (χ1) is 12.2. The van der Waals surface area contributed by atoms with Crippen LogP contribution in [0.4, 0.5) is 18.9 Å². The van der Waals surface area contributed by atoms with E-state index in [0.29, 0.717) is 17.8 Å². The van der Waals surface area contributed by atoms with E-state index in [1.54, 1.807) is 26.0 Å². The minimum Gasteiger partial charge on any atom is -0.348 e. The molecule has 0 fully saturated rings. The molecule has 2 N–H and O–H groups in total. The van der Waals surface area contributed by atoms with Crippen molar-refractivity contribution in [2.75, 3.05) is 5.32 Å². The predicted octanol–water partition coefficient (Wildman–Crippen LogP) is 3.86. The van der Waals surface area contributed by atoms with Gasteiger partial charge < -0.3 is 10.6 Å². The second-order valence-electron chi connectivity index (χ2n) is 6.31. The summed E-state index contributed by atoms with van der Waals surface area (Å²) in [7, 11) is 0. The van der Waals surface area contributed by atoms with E-state index in [4.69, 9.17) is 0 Å². The van der Waals surface area contributed by atoms with Gasteiger partial charge in [0, 0.05) is 34.7 Å². The first kappa shape index (κ1) is 18.3. The Labute approximate surface area is 152 Å². The van der Waals surface area contributed by atoms with Crippen molar-refractivity contribution in [3.63, 3.8) is 0 Å². The summed E-state index contributed by atoms with van der Waals surface area (Å²) in [6.07, 6.45) is 0. The maximum Gasteiger partial charge on any atom is 0.251 e. The number of nitrogens with one attached hydrogen (secondary N) is 2. The Kier molecular flexibility index (Phi) is 4.70. The van der Waals surface area contributed by atoms with Crippen molar-refractivity contribution in [2.45, 2.75) is 30.0 Å². The summed E-state index contributed by atoms with van der Waals surface area (Å²) in [4.78, 5) is 25.1. The molecule has 0 bridgehead atoms. The third kappa shape index (κ3) is 3.55. The minimum absolute atomic E-state index is 0.178. The summed E-state index contributed by atoms with van der Waals surface area (Å²) in [6.45, 7) is 3.16. The normalized spacial score (nSPS) is 15.2. The van der Waals surface area contributed by atoms with Crippen LogP contribution in [-0.2, 0) is 11.3 Å². The van der Waals surface area contributed by atoms with Gasteiger partial charge >= 0.3 is 0 Å². The van der Waals surface area contributed by atoms with Gasteiger partial charge in [-0.05, 0) is 32.0 Å². The zero-order valence-corrected chi connectivity index (χ0v) is 14.8. The topological polar surface area (TPSA) is 58.2 Å². The summed E-state index contributed by atoms with van der Waals surface area (Å²) < 4.78 is 39.5. The highest BCUT2D eigenvalue weighted by atomic mass is 32.2. The van der Waals surface area contributed by atoms with Gasteiger partial charge in [-0.25, -0.2) is 13.2 Å². The van der Waals surface area contributed by atoms with Crippen molar-refractivity contribution in [3.8, 4) is 0 Å². The second kappa shape index (κ2) is 6.68. The molecule has 1 aliphatic heterocycles. The van der Waals surface area contributed by atoms with Crippen LogP contribution < -0.4 is 10.6 Å². The molecule has 0 aliphatic carbocycles.